The Hall–Kier alpha value is -2.24. The molecule has 0 saturated carbocycles. The van der Waals surface area contributed by atoms with Crippen molar-refractivity contribution in [1.82, 2.24) is 10.6 Å². The molecule has 0 aromatic heterocycles. The molecule has 0 bridgehead atoms. The molecule has 1 aromatic carbocycles. The fourth-order valence-electron chi connectivity index (χ4n) is 2.34. The first-order chi connectivity index (χ1) is 10.0. The average molecular weight is 292 g/mol. The lowest BCUT2D eigenvalue weighted by Gasteiger charge is -2.23. The molecule has 114 valence electrons. The van der Waals surface area contributed by atoms with E-state index in [2.05, 4.69) is 10.6 Å². The van der Waals surface area contributed by atoms with Gasteiger partial charge in [0.1, 0.15) is 11.5 Å². The third kappa shape index (κ3) is 3.45. The first-order valence-electron chi connectivity index (χ1n) is 6.85. The van der Waals surface area contributed by atoms with E-state index in [0.717, 1.165) is 5.56 Å². The highest BCUT2D eigenvalue weighted by atomic mass is 16.5. The van der Waals surface area contributed by atoms with Gasteiger partial charge in [0.05, 0.1) is 14.2 Å². The van der Waals surface area contributed by atoms with Crippen molar-refractivity contribution in [2.45, 2.75) is 25.8 Å². The fourth-order valence-corrected chi connectivity index (χ4v) is 2.34. The van der Waals surface area contributed by atoms with E-state index >= 15 is 0 Å². The predicted octanol–water partition coefficient (Wildman–Crippen LogP) is 1.02. The molecular formula is C15H20N2O4. The standard InChI is InChI=1S/C15H20N2O4/c1-9-12(20-2)6-10(7-13(9)21-3)15(19)17-11-4-5-14(18)16-8-11/h6-7,11H,4-5,8H2,1-3H3,(H,16,18)(H,17,19). The fraction of sp³-hybridized carbons (Fsp3) is 0.467. The van der Waals surface area contributed by atoms with Crippen molar-refractivity contribution < 1.29 is 19.1 Å². The smallest absolute Gasteiger partial charge is 0.251 e. The molecule has 1 saturated heterocycles. The Morgan fingerprint density at radius 2 is 1.90 bits per heavy atom. The number of methoxy groups -OCH3 is 2. The van der Waals surface area contributed by atoms with Gasteiger partial charge in [0.15, 0.2) is 0 Å². The lowest BCUT2D eigenvalue weighted by molar-refractivity contribution is -0.122. The van der Waals surface area contributed by atoms with Crippen LogP contribution < -0.4 is 20.1 Å². The summed E-state index contributed by atoms with van der Waals surface area (Å²) in [5.74, 6) is 1.04. The van der Waals surface area contributed by atoms with Gasteiger partial charge in [-0.15, -0.1) is 0 Å². The van der Waals surface area contributed by atoms with Gasteiger partial charge in [-0.25, -0.2) is 0 Å². The number of rotatable bonds is 4. The minimum absolute atomic E-state index is 0.0270. The minimum Gasteiger partial charge on any atom is -0.496 e. The van der Waals surface area contributed by atoms with Gasteiger partial charge in [-0.1, -0.05) is 0 Å². The van der Waals surface area contributed by atoms with Gasteiger partial charge < -0.3 is 20.1 Å². The van der Waals surface area contributed by atoms with Gasteiger partial charge in [0.2, 0.25) is 5.91 Å². The molecule has 0 radical (unpaired) electrons. The van der Waals surface area contributed by atoms with Crippen molar-refractivity contribution in [3.63, 3.8) is 0 Å². The van der Waals surface area contributed by atoms with E-state index in [1.54, 1.807) is 26.4 Å². The Balaban J connectivity index is 2.13. The number of piperidine rings is 1. The highest BCUT2D eigenvalue weighted by molar-refractivity contribution is 5.95. The minimum atomic E-state index is -0.201. The number of carbonyl (C=O) groups excluding carboxylic acids is 2. The molecule has 1 fully saturated rings. The van der Waals surface area contributed by atoms with E-state index in [1.165, 1.54) is 0 Å². The molecule has 1 aromatic rings. The molecule has 2 amide bonds. The van der Waals surface area contributed by atoms with Crippen LogP contribution in [-0.2, 0) is 4.79 Å². The van der Waals surface area contributed by atoms with E-state index in [9.17, 15) is 9.59 Å². The van der Waals surface area contributed by atoms with Crippen molar-refractivity contribution >= 4 is 11.8 Å². The average Bonchev–Trinajstić information content (AvgIpc) is 2.49. The number of carbonyl (C=O) groups is 2. The largest absolute Gasteiger partial charge is 0.496 e. The van der Waals surface area contributed by atoms with Gasteiger partial charge in [-0.3, -0.25) is 9.59 Å². The predicted molar refractivity (Wildman–Crippen MR) is 77.8 cm³/mol. The third-order valence-corrected chi connectivity index (χ3v) is 3.62. The maximum absolute atomic E-state index is 12.3. The van der Waals surface area contributed by atoms with Crippen molar-refractivity contribution in [2.24, 2.45) is 0 Å². The molecule has 1 heterocycles. The van der Waals surface area contributed by atoms with Crippen LogP contribution in [0.3, 0.4) is 0 Å². The van der Waals surface area contributed by atoms with Crippen molar-refractivity contribution in [1.29, 1.82) is 0 Å². The van der Waals surface area contributed by atoms with Crippen LogP contribution in [0.15, 0.2) is 12.1 Å². The summed E-state index contributed by atoms with van der Waals surface area (Å²) in [7, 11) is 3.11. The zero-order valence-corrected chi connectivity index (χ0v) is 12.5. The molecule has 2 N–H and O–H groups in total. The summed E-state index contributed by atoms with van der Waals surface area (Å²) in [6, 6.07) is 3.33. The van der Waals surface area contributed by atoms with Crippen LogP contribution in [0.4, 0.5) is 0 Å². The SMILES string of the molecule is COc1cc(C(=O)NC2CCC(=O)NC2)cc(OC)c1C. The molecular weight excluding hydrogens is 272 g/mol. The summed E-state index contributed by atoms with van der Waals surface area (Å²) in [6.45, 7) is 2.33. The molecule has 1 aliphatic rings. The summed E-state index contributed by atoms with van der Waals surface area (Å²) < 4.78 is 10.5. The van der Waals surface area contributed by atoms with Crippen LogP contribution in [0.25, 0.3) is 0 Å². The summed E-state index contributed by atoms with van der Waals surface area (Å²) in [6.07, 6.45) is 1.09. The van der Waals surface area contributed by atoms with Crippen LogP contribution in [0.5, 0.6) is 11.5 Å². The second-order valence-corrected chi connectivity index (χ2v) is 5.02. The van der Waals surface area contributed by atoms with Gasteiger partial charge in [-0.2, -0.15) is 0 Å². The third-order valence-electron chi connectivity index (χ3n) is 3.62. The van der Waals surface area contributed by atoms with Gasteiger partial charge in [-0.05, 0) is 25.5 Å². The molecule has 2 rings (SSSR count). The lowest BCUT2D eigenvalue weighted by Crippen LogP contribution is -2.47. The Kier molecular flexibility index (Phi) is 4.67. The Bertz CT molecular complexity index is 522. The number of ether oxygens (including phenoxy) is 2. The number of nitrogens with one attached hydrogen (secondary N) is 2. The van der Waals surface area contributed by atoms with E-state index in [1.807, 2.05) is 6.92 Å². The van der Waals surface area contributed by atoms with E-state index < -0.39 is 0 Å². The maximum Gasteiger partial charge on any atom is 0.251 e. The van der Waals surface area contributed by atoms with Crippen LogP contribution in [-0.4, -0.2) is 38.6 Å². The number of benzene rings is 1. The second kappa shape index (κ2) is 6.47. The summed E-state index contributed by atoms with van der Waals surface area (Å²) in [5, 5.41) is 5.65. The highest BCUT2D eigenvalue weighted by Crippen LogP contribution is 2.29. The first kappa shape index (κ1) is 15.2. The topological polar surface area (TPSA) is 76.7 Å². The van der Waals surface area contributed by atoms with Crippen molar-refractivity contribution in [3.05, 3.63) is 23.3 Å². The van der Waals surface area contributed by atoms with Crippen molar-refractivity contribution in [3.8, 4) is 11.5 Å². The first-order valence-corrected chi connectivity index (χ1v) is 6.85. The Morgan fingerprint density at radius 1 is 1.29 bits per heavy atom. The van der Waals surface area contributed by atoms with Crippen LogP contribution in [0.2, 0.25) is 0 Å². The molecule has 1 atom stereocenters. The number of hydrogen-bond acceptors (Lipinski definition) is 4. The summed E-state index contributed by atoms with van der Waals surface area (Å²) in [4.78, 5) is 23.4. The monoisotopic (exact) mass is 292 g/mol. The number of hydrogen-bond donors (Lipinski definition) is 2. The normalized spacial score (nSPS) is 17.9. The lowest BCUT2D eigenvalue weighted by atomic mass is 10.1. The Labute approximate surface area is 123 Å². The molecule has 6 nitrogen and oxygen atoms in total. The second-order valence-electron chi connectivity index (χ2n) is 5.02. The highest BCUT2D eigenvalue weighted by Gasteiger charge is 2.21. The molecule has 1 aliphatic heterocycles. The molecule has 21 heavy (non-hydrogen) atoms. The quantitative estimate of drug-likeness (QED) is 0.868. The van der Waals surface area contributed by atoms with E-state index in [4.69, 9.17) is 9.47 Å². The van der Waals surface area contributed by atoms with Crippen LogP contribution in [0, 0.1) is 6.92 Å². The summed E-state index contributed by atoms with van der Waals surface area (Å²) >= 11 is 0. The van der Waals surface area contributed by atoms with Gasteiger partial charge in [0.25, 0.3) is 5.91 Å². The van der Waals surface area contributed by atoms with E-state index in [0.29, 0.717) is 36.4 Å². The summed E-state index contributed by atoms with van der Waals surface area (Å²) in [5.41, 5.74) is 1.33. The van der Waals surface area contributed by atoms with E-state index in [-0.39, 0.29) is 17.9 Å². The zero-order chi connectivity index (χ0) is 15.4. The molecule has 0 aliphatic carbocycles. The van der Waals surface area contributed by atoms with Crippen LogP contribution >= 0.6 is 0 Å². The maximum atomic E-state index is 12.3. The zero-order valence-electron chi connectivity index (χ0n) is 12.5. The van der Waals surface area contributed by atoms with Crippen LogP contribution in [0.1, 0.15) is 28.8 Å². The van der Waals surface area contributed by atoms with Gasteiger partial charge >= 0.3 is 0 Å². The van der Waals surface area contributed by atoms with Gasteiger partial charge in [0, 0.05) is 30.1 Å². The molecule has 1 unspecified atom stereocenters. The Morgan fingerprint density at radius 3 is 2.38 bits per heavy atom. The molecule has 6 heteroatoms. The molecule has 0 spiro atoms. The van der Waals surface area contributed by atoms with Crippen molar-refractivity contribution in [2.75, 3.05) is 20.8 Å². The number of amides is 2.